The molecule has 4 rings (SSSR count). The number of pyridine rings is 1. The van der Waals surface area contributed by atoms with Gasteiger partial charge in [0, 0.05) is 39.6 Å². The van der Waals surface area contributed by atoms with Crippen LogP contribution in [0.5, 0.6) is 0 Å². The Labute approximate surface area is 196 Å². The largest absolute Gasteiger partial charge is 0.385 e. The smallest absolute Gasteiger partial charge is 0.267 e. The fourth-order valence-corrected chi connectivity index (χ4v) is 5.07. The van der Waals surface area contributed by atoms with Crippen LogP contribution in [0.15, 0.2) is 28.0 Å². The van der Waals surface area contributed by atoms with Crippen LogP contribution in [-0.2, 0) is 14.3 Å². The van der Waals surface area contributed by atoms with Gasteiger partial charge in [0.15, 0.2) is 0 Å². The molecule has 1 atom stereocenters. The lowest BCUT2D eigenvalue weighted by molar-refractivity contribution is -0.122. The quantitative estimate of drug-likeness (QED) is 0.355. The first-order valence-corrected chi connectivity index (χ1v) is 11.8. The normalized spacial score (nSPS) is 20.1. The van der Waals surface area contributed by atoms with Crippen molar-refractivity contribution in [3.05, 3.63) is 44.7 Å². The number of thiocarbonyl (C=S) groups is 1. The lowest BCUT2D eigenvalue weighted by Crippen LogP contribution is -2.29. The van der Waals surface area contributed by atoms with Gasteiger partial charge >= 0.3 is 0 Å². The molecule has 2 aliphatic rings. The van der Waals surface area contributed by atoms with Crippen molar-refractivity contribution in [2.75, 3.05) is 38.7 Å². The molecule has 170 valence electrons. The zero-order valence-electron chi connectivity index (χ0n) is 18.1. The predicted octanol–water partition coefficient (Wildman–Crippen LogP) is 2.83. The van der Waals surface area contributed by atoms with Crippen molar-refractivity contribution in [3.63, 3.8) is 0 Å². The number of hydrogen-bond donors (Lipinski definition) is 1. The summed E-state index contributed by atoms with van der Waals surface area (Å²) in [5.41, 5.74) is 1.57. The highest BCUT2D eigenvalue weighted by Gasteiger charge is 2.32. The van der Waals surface area contributed by atoms with Gasteiger partial charge in [-0.2, -0.15) is 0 Å². The highest BCUT2D eigenvalue weighted by atomic mass is 32.2. The first-order valence-electron chi connectivity index (χ1n) is 10.6. The second kappa shape index (κ2) is 10.1. The molecular weight excluding hydrogens is 448 g/mol. The number of aromatic nitrogens is 2. The number of fused-ring (bicyclic) bond motifs is 1. The molecule has 0 bridgehead atoms. The monoisotopic (exact) mass is 474 g/mol. The minimum absolute atomic E-state index is 0.0824. The minimum atomic E-state index is -0.238. The van der Waals surface area contributed by atoms with Gasteiger partial charge in [-0.1, -0.05) is 30.0 Å². The number of thioether (sulfide) groups is 1. The molecule has 0 aliphatic carbocycles. The van der Waals surface area contributed by atoms with Crippen molar-refractivity contribution in [2.24, 2.45) is 0 Å². The van der Waals surface area contributed by atoms with E-state index in [1.807, 2.05) is 19.1 Å². The molecule has 2 aromatic heterocycles. The number of aryl methyl sites for hydroxylation is 1. The van der Waals surface area contributed by atoms with Crippen LogP contribution in [0.25, 0.3) is 11.7 Å². The van der Waals surface area contributed by atoms with Crippen LogP contribution >= 0.6 is 24.0 Å². The first-order chi connectivity index (χ1) is 15.5. The summed E-state index contributed by atoms with van der Waals surface area (Å²) in [6.07, 6.45) is 6.06. The number of anilines is 1. The van der Waals surface area contributed by atoms with E-state index in [9.17, 15) is 9.59 Å². The van der Waals surface area contributed by atoms with Gasteiger partial charge in [0.25, 0.3) is 11.5 Å². The van der Waals surface area contributed by atoms with E-state index in [1.54, 1.807) is 24.3 Å². The summed E-state index contributed by atoms with van der Waals surface area (Å²) in [4.78, 5) is 33.1. The van der Waals surface area contributed by atoms with Gasteiger partial charge in [-0.05, 0) is 43.9 Å². The number of carbonyl (C=O) groups excluding carboxylic acids is 1. The Morgan fingerprint density at radius 2 is 2.28 bits per heavy atom. The Balaban J connectivity index is 1.70. The third-order valence-corrected chi connectivity index (χ3v) is 6.86. The number of ether oxygens (including phenoxy) is 2. The van der Waals surface area contributed by atoms with E-state index in [0.29, 0.717) is 52.4 Å². The van der Waals surface area contributed by atoms with Crippen LogP contribution in [0.3, 0.4) is 0 Å². The van der Waals surface area contributed by atoms with Crippen molar-refractivity contribution < 1.29 is 14.3 Å². The summed E-state index contributed by atoms with van der Waals surface area (Å²) in [5.74, 6) is 0.249. The predicted molar refractivity (Wildman–Crippen MR) is 130 cm³/mol. The van der Waals surface area contributed by atoms with Crippen molar-refractivity contribution in [2.45, 2.75) is 32.3 Å². The van der Waals surface area contributed by atoms with Crippen LogP contribution in [0, 0.1) is 6.92 Å². The molecule has 1 N–H and O–H groups in total. The molecule has 2 aliphatic heterocycles. The molecule has 2 saturated heterocycles. The second-order valence-corrected chi connectivity index (χ2v) is 9.44. The molecule has 32 heavy (non-hydrogen) atoms. The molecule has 0 aromatic carbocycles. The lowest BCUT2D eigenvalue weighted by atomic mass is 10.2. The summed E-state index contributed by atoms with van der Waals surface area (Å²) in [5, 5.41) is 3.29. The SMILES string of the molecule is COCCCN1C(=O)/C(=C\c2c(NC[C@@H]3CCCO3)nc3c(C)cccn3c2=O)SC1=S. The standard InChI is InChI=1S/C22H26N4O4S2/c1-14-6-3-8-25-19(14)24-18(23-13-15-7-4-11-30-15)16(20(25)27)12-17-21(28)26(22(31)32-17)9-5-10-29-2/h3,6,8,12,15,23H,4-5,7,9-11,13H2,1-2H3/b17-12+/t15-/m0/s1. The summed E-state index contributed by atoms with van der Waals surface area (Å²) in [6.45, 7) is 4.23. The zero-order chi connectivity index (χ0) is 22.7. The van der Waals surface area contributed by atoms with Crippen LogP contribution in [0.2, 0.25) is 0 Å². The molecule has 0 radical (unpaired) electrons. The van der Waals surface area contributed by atoms with E-state index in [4.69, 9.17) is 26.7 Å². The number of carbonyl (C=O) groups is 1. The maximum absolute atomic E-state index is 13.4. The van der Waals surface area contributed by atoms with E-state index in [1.165, 1.54) is 16.2 Å². The fraction of sp³-hybridized carbons (Fsp3) is 0.455. The van der Waals surface area contributed by atoms with Crippen molar-refractivity contribution >= 4 is 51.7 Å². The summed E-state index contributed by atoms with van der Waals surface area (Å²) < 4.78 is 12.8. The van der Waals surface area contributed by atoms with Gasteiger partial charge in [0.2, 0.25) is 0 Å². The van der Waals surface area contributed by atoms with Gasteiger partial charge in [-0.25, -0.2) is 4.98 Å². The van der Waals surface area contributed by atoms with Crippen LogP contribution in [0.1, 0.15) is 30.4 Å². The third kappa shape index (κ3) is 4.73. The number of methoxy groups -OCH3 is 1. The molecular formula is C22H26N4O4S2. The summed E-state index contributed by atoms with van der Waals surface area (Å²) in [6, 6.07) is 3.72. The Kier molecular flexibility index (Phi) is 7.24. The average Bonchev–Trinajstić information content (AvgIpc) is 3.39. The first kappa shape index (κ1) is 22.9. The van der Waals surface area contributed by atoms with Crippen LogP contribution in [0.4, 0.5) is 5.82 Å². The van der Waals surface area contributed by atoms with Crippen LogP contribution < -0.4 is 10.9 Å². The zero-order valence-corrected chi connectivity index (χ0v) is 19.8. The highest BCUT2D eigenvalue weighted by molar-refractivity contribution is 8.26. The van der Waals surface area contributed by atoms with E-state index < -0.39 is 0 Å². The number of nitrogens with one attached hydrogen (secondary N) is 1. The number of nitrogens with zero attached hydrogens (tertiary/aromatic N) is 3. The van der Waals surface area contributed by atoms with Crippen molar-refractivity contribution in [1.82, 2.24) is 14.3 Å². The minimum Gasteiger partial charge on any atom is -0.385 e. The number of rotatable bonds is 8. The molecule has 2 aromatic rings. The Morgan fingerprint density at radius 1 is 1.44 bits per heavy atom. The van der Waals surface area contributed by atoms with E-state index >= 15 is 0 Å². The van der Waals surface area contributed by atoms with Gasteiger partial charge < -0.3 is 14.8 Å². The van der Waals surface area contributed by atoms with E-state index in [0.717, 1.165) is 25.0 Å². The van der Waals surface area contributed by atoms with Gasteiger partial charge in [-0.3, -0.25) is 18.9 Å². The third-order valence-electron chi connectivity index (χ3n) is 5.48. The molecule has 0 saturated carbocycles. The average molecular weight is 475 g/mol. The lowest BCUT2D eigenvalue weighted by Gasteiger charge is -2.15. The Bertz CT molecular complexity index is 1120. The molecule has 2 fully saturated rings. The molecule has 1 amide bonds. The number of amides is 1. The molecule has 4 heterocycles. The molecule has 10 heteroatoms. The van der Waals surface area contributed by atoms with Crippen molar-refractivity contribution in [1.29, 1.82) is 0 Å². The van der Waals surface area contributed by atoms with E-state index in [2.05, 4.69) is 5.32 Å². The van der Waals surface area contributed by atoms with Crippen molar-refractivity contribution in [3.8, 4) is 0 Å². The van der Waals surface area contributed by atoms with E-state index in [-0.39, 0.29) is 17.6 Å². The van der Waals surface area contributed by atoms with Gasteiger partial charge in [0.05, 0.1) is 16.6 Å². The van der Waals surface area contributed by atoms with Gasteiger partial charge in [0.1, 0.15) is 15.8 Å². The Hall–Kier alpha value is -2.27. The fourth-order valence-electron chi connectivity index (χ4n) is 3.78. The van der Waals surface area contributed by atoms with Crippen LogP contribution in [-0.4, -0.2) is 64.0 Å². The molecule has 0 unspecified atom stereocenters. The summed E-state index contributed by atoms with van der Waals surface area (Å²) in [7, 11) is 1.62. The Morgan fingerprint density at radius 3 is 3.03 bits per heavy atom. The highest BCUT2D eigenvalue weighted by Crippen LogP contribution is 2.33. The van der Waals surface area contributed by atoms with Gasteiger partial charge in [-0.15, -0.1) is 0 Å². The topological polar surface area (TPSA) is 85.2 Å². The maximum atomic E-state index is 13.4. The second-order valence-electron chi connectivity index (χ2n) is 7.76. The molecule has 8 nitrogen and oxygen atoms in total. The number of hydrogen-bond acceptors (Lipinski definition) is 8. The molecule has 0 spiro atoms. The summed E-state index contributed by atoms with van der Waals surface area (Å²) >= 11 is 6.60. The maximum Gasteiger partial charge on any atom is 0.267 e.